The number of allylic oxidation sites excluding steroid dienone is 6. The van der Waals surface area contributed by atoms with E-state index in [2.05, 4.69) is 26.0 Å². The maximum absolute atomic E-state index is 12.8. The Morgan fingerprint density at radius 2 is 0.950 bits per heavy atom. The van der Waals surface area contributed by atoms with Gasteiger partial charge in [-0.25, -0.2) is 4.57 Å². The average Bonchev–Trinajstić information content (AvgIpc) is 3.23. The number of carbonyl (C=O) groups excluding carboxylic acids is 2. The van der Waals surface area contributed by atoms with Gasteiger partial charge < -0.3 is 39.9 Å². The van der Waals surface area contributed by atoms with Gasteiger partial charge in [0.05, 0.1) is 6.61 Å². The summed E-state index contributed by atoms with van der Waals surface area (Å²) in [7, 11) is -5.12. The van der Waals surface area contributed by atoms with Crippen LogP contribution in [0.4, 0.5) is 0 Å². The van der Waals surface area contributed by atoms with Gasteiger partial charge in [0.1, 0.15) is 43.2 Å². The Balaban J connectivity index is 2.43. The molecule has 0 saturated heterocycles. The molecule has 14 heteroatoms. The molecule has 1 aliphatic rings. The Hall–Kier alpha value is -1.93. The fourth-order valence-electron chi connectivity index (χ4n) is 7.05. The average molecular weight is 875 g/mol. The lowest BCUT2D eigenvalue weighted by atomic mass is 9.85. The van der Waals surface area contributed by atoms with E-state index in [0.717, 1.165) is 57.8 Å². The zero-order chi connectivity index (χ0) is 44.3. The smallest absolute Gasteiger partial charge is 0.462 e. The molecule has 0 spiro atoms. The van der Waals surface area contributed by atoms with Crippen LogP contribution >= 0.6 is 7.82 Å². The van der Waals surface area contributed by atoms with E-state index in [1.807, 2.05) is 24.3 Å². The lowest BCUT2D eigenvalue weighted by molar-refractivity contribution is -0.220. The number of hydrogen-bond donors (Lipinski definition) is 6. The van der Waals surface area contributed by atoms with Gasteiger partial charge in [-0.15, -0.1) is 0 Å². The number of ether oxygens (including phenoxy) is 2. The van der Waals surface area contributed by atoms with Crippen LogP contribution in [-0.4, -0.2) is 98.3 Å². The lowest BCUT2D eigenvalue weighted by Crippen LogP contribution is -2.64. The molecule has 0 heterocycles. The van der Waals surface area contributed by atoms with Crippen molar-refractivity contribution in [1.29, 1.82) is 0 Å². The largest absolute Gasteiger partial charge is 0.472 e. The van der Waals surface area contributed by atoms with E-state index >= 15 is 0 Å². The summed E-state index contributed by atoms with van der Waals surface area (Å²) in [6.07, 6.45) is 27.8. The number of unbranched alkanes of at least 4 members (excludes halogenated alkanes) is 22. The minimum absolute atomic E-state index is 0.0750. The molecule has 1 rings (SSSR count). The first-order chi connectivity index (χ1) is 28.9. The molecule has 1 fully saturated rings. The van der Waals surface area contributed by atoms with Gasteiger partial charge in [-0.3, -0.25) is 18.6 Å². The van der Waals surface area contributed by atoms with Gasteiger partial charge in [0.25, 0.3) is 0 Å². The molecule has 6 N–H and O–H groups in total. The Bertz CT molecular complexity index is 1190. The van der Waals surface area contributed by atoms with Crippen molar-refractivity contribution in [3.63, 3.8) is 0 Å². The number of hydrogen-bond acceptors (Lipinski definition) is 12. The summed E-state index contributed by atoms with van der Waals surface area (Å²) in [6.45, 7) is 3.16. The molecule has 0 bridgehead atoms. The predicted molar refractivity (Wildman–Crippen MR) is 235 cm³/mol. The monoisotopic (exact) mass is 875 g/mol. The Morgan fingerprint density at radius 3 is 1.43 bits per heavy atom. The number of aliphatic hydroxyl groups is 5. The second-order valence-corrected chi connectivity index (χ2v) is 17.7. The molecule has 0 aliphatic heterocycles. The summed E-state index contributed by atoms with van der Waals surface area (Å²) in [5, 5.41) is 50.1. The molecule has 1 aliphatic carbocycles. The molecule has 0 aromatic heterocycles. The number of carbonyl (C=O) groups is 2. The van der Waals surface area contributed by atoms with Crippen LogP contribution in [0.3, 0.4) is 0 Å². The van der Waals surface area contributed by atoms with Crippen LogP contribution in [0.5, 0.6) is 0 Å². The zero-order valence-electron chi connectivity index (χ0n) is 37.0. The van der Waals surface area contributed by atoms with Crippen molar-refractivity contribution in [1.82, 2.24) is 0 Å². The van der Waals surface area contributed by atoms with Gasteiger partial charge in [0, 0.05) is 12.8 Å². The molecule has 13 nitrogen and oxygen atoms in total. The van der Waals surface area contributed by atoms with Crippen molar-refractivity contribution in [2.24, 2.45) is 0 Å². The lowest BCUT2D eigenvalue weighted by Gasteiger charge is -2.41. The molecule has 1 saturated carbocycles. The number of aliphatic hydroxyl groups excluding tert-OH is 5. The van der Waals surface area contributed by atoms with Gasteiger partial charge in [-0.1, -0.05) is 179 Å². The molecule has 0 amide bonds. The number of phosphoric ester groups is 1. The first-order valence-corrected chi connectivity index (χ1v) is 24.8. The first kappa shape index (κ1) is 56.1. The van der Waals surface area contributed by atoms with Crippen molar-refractivity contribution >= 4 is 19.8 Å². The molecule has 0 radical (unpaired) electrons. The van der Waals surface area contributed by atoms with Crippen LogP contribution < -0.4 is 0 Å². The third-order valence-electron chi connectivity index (χ3n) is 10.8. The van der Waals surface area contributed by atoms with Gasteiger partial charge in [-0.2, -0.15) is 0 Å². The summed E-state index contributed by atoms with van der Waals surface area (Å²) in [6, 6.07) is 0. The highest BCUT2D eigenvalue weighted by Crippen LogP contribution is 2.47. The zero-order valence-corrected chi connectivity index (χ0v) is 37.9. The van der Waals surface area contributed by atoms with Gasteiger partial charge in [0.2, 0.25) is 0 Å². The van der Waals surface area contributed by atoms with E-state index in [0.29, 0.717) is 12.8 Å². The molecule has 7 unspecified atom stereocenters. The van der Waals surface area contributed by atoms with E-state index in [-0.39, 0.29) is 12.8 Å². The molecular formula is C46H83O13P. The molecule has 0 aromatic carbocycles. The second-order valence-electron chi connectivity index (χ2n) is 16.3. The normalized spacial score (nSPS) is 22.5. The van der Waals surface area contributed by atoms with Crippen molar-refractivity contribution in [2.45, 2.75) is 230 Å². The molecule has 60 heavy (non-hydrogen) atoms. The summed E-state index contributed by atoms with van der Waals surface area (Å²) in [4.78, 5) is 35.7. The minimum Gasteiger partial charge on any atom is -0.462 e. The van der Waals surface area contributed by atoms with Gasteiger partial charge in [-0.05, 0) is 32.1 Å². The van der Waals surface area contributed by atoms with Gasteiger partial charge in [0.15, 0.2) is 6.10 Å². The van der Waals surface area contributed by atoms with Crippen molar-refractivity contribution in [2.75, 3.05) is 13.2 Å². The fraction of sp³-hybridized carbons (Fsp3) is 0.826. The molecular weight excluding hydrogens is 791 g/mol. The predicted octanol–water partition coefficient (Wildman–Crippen LogP) is 9.00. The van der Waals surface area contributed by atoms with Crippen molar-refractivity contribution < 1.29 is 63.1 Å². The summed E-state index contributed by atoms with van der Waals surface area (Å²) in [5.74, 6) is -1.12. The number of rotatable bonds is 38. The second kappa shape index (κ2) is 36.5. The Kier molecular flexibility index (Phi) is 34.2. The SMILES string of the molecule is CC/C=C/C=C/C=C/CCCCCCCC(=O)OC(COC(=O)CCCCCCCCCCCCCCCCCCCC)COP(=O)(O)OC1C(O)C(O)C(O)[C@H](O)C1O. The number of phosphoric acid groups is 1. The van der Waals surface area contributed by atoms with Crippen LogP contribution in [0.25, 0.3) is 0 Å². The highest BCUT2D eigenvalue weighted by atomic mass is 31.2. The maximum Gasteiger partial charge on any atom is 0.472 e. The quantitative estimate of drug-likeness (QED) is 0.0148. The summed E-state index contributed by atoms with van der Waals surface area (Å²) < 4.78 is 33.5. The minimum atomic E-state index is -5.12. The first-order valence-electron chi connectivity index (χ1n) is 23.3. The van der Waals surface area contributed by atoms with E-state index in [4.69, 9.17) is 18.5 Å². The van der Waals surface area contributed by atoms with E-state index in [9.17, 15) is 44.6 Å². The highest BCUT2D eigenvalue weighted by molar-refractivity contribution is 7.47. The van der Waals surface area contributed by atoms with Crippen molar-refractivity contribution in [3.05, 3.63) is 36.5 Å². The van der Waals surface area contributed by atoms with E-state index in [1.165, 1.54) is 89.9 Å². The summed E-state index contributed by atoms with van der Waals surface area (Å²) in [5.41, 5.74) is 0. The van der Waals surface area contributed by atoms with Gasteiger partial charge >= 0.3 is 19.8 Å². The Labute approximate surface area is 361 Å². The van der Waals surface area contributed by atoms with Crippen LogP contribution in [0, 0.1) is 0 Å². The third kappa shape index (κ3) is 28.6. The Morgan fingerprint density at radius 1 is 0.533 bits per heavy atom. The molecule has 8 atom stereocenters. The standard InChI is InChI=1S/C46H83O13P/c1-3-5-7-9-11-13-15-17-18-19-20-21-23-24-26-28-30-32-34-39(47)56-36-38(37-57-60(54,55)59-46-44(52)42(50)41(49)43(51)45(46)53)58-40(48)35-33-31-29-27-25-22-16-14-12-10-8-6-4-2/h6,8,10,12,14,16,38,41-46,49-53H,3-5,7,9,11,13,15,17-37H2,1-2H3,(H,54,55)/b8-6+,12-10+,16-14+/t38?,41?,42-,43?,44?,45?,46?/m0/s1. The van der Waals surface area contributed by atoms with E-state index < -0.39 is 75.7 Å². The fourth-order valence-corrected chi connectivity index (χ4v) is 8.03. The molecule has 350 valence electrons. The van der Waals surface area contributed by atoms with E-state index in [1.54, 1.807) is 0 Å². The topological polar surface area (TPSA) is 210 Å². The third-order valence-corrected chi connectivity index (χ3v) is 11.8. The number of esters is 2. The maximum atomic E-state index is 12.8. The molecule has 0 aromatic rings. The van der Waals surface area contributed by atoms with Crippen LogP contribution in [0.2, 0.25) is 0 Å². The van der Waals surface area contributed by atoms with Crippen LogP contribution in [0.15, 0.2) is 36.5 Å². The highest BCUT2D eigenvalue weighted by Gasteiger charge is 2.51. The van der Waals surface area contributed by atoms with Crippen LogP contribution in [-0.2, 0) is 32.7 Å². The van der Waals surface area contributed by atoms with Crippen LogP contribution in [0.1, 0.15) is 187 Å². The van der Waals surface area contributed by atoms with Crippen molar-refractivity contribution in [3.8, 4) is 0 Å². The summed E-state index contributed by atoms with van der Waals surface area (Å²) >= 11 is 0.